The number of pyridine rings is 1. The van der Waals surface area contributed by atoms with Crippen LogP contribution in [0.2, 0.25) is 0 Å². The smallest absolute Gasteiger partial charge is 0.233 e. The average molecular weight is 314 g/mol. The van der Waals surface area contributed by atoms with Crippen molar-refractivity contribution in [3.63, 3.8) is 0 Å². The summed E-state index contributed by atoms with van der Waals surface area (Å²) in [5, 5.41) is 2.36. The molecule has 0 fully saturated rings. The number of halogens is 1. The Morgan fingerprint density at radius 2 is 1.79 bits per heavy atom. The highest BCUT2D eigenvalue weighted by molar-refractivity contribution is 9.10. The molecule has 0 unspecified atom stereocenters. The first-order valence-electron chi connectivity index (χ1n) is 6.02. The number of ether oxygens (including phenoxy) is 1. The van der Waals surface area contributed by atoms with Crippen molar-refractivity contribution in [1.29, 1.82) is 0 Å². The van der Waals surface area contributed by atoms with Crippen LogP contribution in [0.4, 0.5) is 0 Å². The Bertz CT molecular complexity index is 740. The van der Waals surface area contributed by atoms with E-state index in [1.807, 2.05) is 43.3 Å². The largest absolute Gasteiger partial charge is 0.438 e. The van der Waals surface area contributed by atoms with Crippen LogP contribution in [0.1, 0.15) is 5.56 Å². The average Bonchev–Trinajstić information content (AvgIpc) is 2.44. The second-order valence-electron chi connectivity index (χ2n) is 4.36. The van der Waals surface area contributed by atoms with Gasteiger partial charge in [-0.2, -0.15) is 0 Å². The highest BCUT2D eigenvalue weighted by Crippen LogP contribution is 2.31. The monoisotopic (exact) mass is 313 g/mol. The molecule has 1 aromatic heterocycles. The third-order valence-electron chi connectivity index (χ3n) is 2.99. The standard InChI is InChI=1S/C16H12BrNO/c1-11-8-9-18-16(15(11)17)19-14-7-6-12-4-2-3-5-13(12)10-14/h2-10H,1H3. The minimum absolute atomic E-state index is 0.593. The lowest BCUT2D eigenvalue weighted by Gasteiger charge is -2.08. The lowest BCUT2D eigenvalue weighted by Crippen LogP contribution is -1.90. The van der Waals surface area contributed by atoms with E-state index in [1.54, 1.807) is 6.20 Å². The van der Waals surface area contributed by atoms with E-state index in [1.165, 1.54) is 5.39 Å². The molecular formula is C16H12BrNO. The molecule has 0 saturated carbocycles. The summed E-state index contributed by atoms with van der Waals surface area (Å²) in [5.41, 5.74) is 1.10. The molecule has 3 rings (SSSR count). The number of aryl methyl sites for hydroxylation is 1. The third kappa shape index (κ3) is 2.47. The summed E-state index contributed by atoms with van der Waals surface area (Å²) in [6.07, 6.45) is 1.75. The lowest BCUT2D eigenvalue weighted by atomic mass is 10.1. The van der Waals surface area contributed by atoms with Gasteiger partial charge in [-0.3, -0.25) is 0 Å². The Labute approximate surface area is 120 Å². The van der Waals surface area contributed by atoms with E-state index < -0.39 is 0 Å². The van der Waals surface area contributed by atoms with Crippen molar-refractivity contribution in [2.24, 2.45) is 0 Å². The Morgan fingerprint density at radius 1 is 1.00 bits per heavy atom. The number of hydrogen-bond donors (Lipinski definition) is 0. The Morgan fingerprint density at radius 3 is 2.63 bits per heavy atom. The Hall–Kier alpha value is -1.87. The van der Waals surface area contributed by atoms with Crippen molar-refractivity contribution < 1.29 is 4.74 Å². The van der Waals surface area contributed by atoms with Crippen LogP contribution in [0.5, 0.6) is 11.6 Å². The molecule has 0 N–H and O–H groups in total. The summed E-state index contributed by atoms with van der Waals surface area (Å²) < 4.78 is 6.73. The minimum atomic E-state index is 0.593. The number of aromatic nitrogens is 1. The summed E-state index contributed by atoms with van der Waals surface area (Å²) in [4.78, 5) is 4.25. The Kier molecular flexibility index (Phi) is 3.22. The van der Waals surface area contributed by atoms with Gasteiger partial charge in [-0.25, -0.2) is 4.98 Å². The fourth-order valence-electron chi connectivity index (χ4n) is 1.93. The number of benzene rings is 2. The van der Waals surface area contributed by atoms with E-state index in [-0.39, 0.29) is 0 Å². The molecule has 3 aromatic rings. The molecular weight excluding hydrogens is 302 g/mol. The van der Waals surface area contributed by atoms with Crippen LogP contribution in [0.3, 0.4) is 0 Å². The first-order valence-corrected chi connectivity index (χ1v) is 6.81. The number of nitrogens with zero attached hydrogens (tertiary/aromatic N) is 1. The summed E-state index contributed by atoms with van der Waals surface area (Å²) in [5.74, 6) is 1.38. The second kappa shape index (κ2) is 5.02. The normalized spacial score (nSPS) is 10.6. The van der Waals surface area contributed by atoms with Crippen LogP contribution in [-0.2, 0) is 0 Å². The quantitative estimate of drug-likeness (QED) is 0.656. The maximum Gasteiger partial charge on any atom is 0.233 e. The fraction of sp³-hybridized carbons (Fsp3) is 0.0625. The Balaban J connectivity index is 1.99. The van der Waals surface area contributed by atoms with Gasteiger partial charge in [0.25, 0.3) is 0 Å². The summed E-state index contributed by atoms with van der Waals surface area (Å²) in [7, 11) is 0. The summed E-state index contributed by atoms with van der Waals surface area (Å²) in [6.45, 7) is 2.01. The van der Waals surface area contributed by atoms with E-state index in [4.69, 9.17) is 4.74 Å². The molecule has 0 aliphatic carbocycles. The van der Waals surface area contributed by atoms with Crippen LogP contribution < -0.4 is 4.74 Å². The van der Waals surface area contributed by atoms with E-state index >= 15 is 0 Å². The number of hydrogen-bond acceptors (Lipinski definition) is 2. The summed E-state index contributed by atoms with van der Waals surface area (Å²) >= 11 is 3.50. The molecule has 1 heterocycles. The maximum atomic E-state index is 5.84. The molecule has 0 radical (unpaired) electrons. The molecule has 0 bridgehead atoms. The molecule has 2 aromatic carbocycles. The first kappa shape index (κ1) is 12.2. The van der Waals surface area contributed by atoms with Crippen LogP contribution in [0.15, 0.2) is 59.2 Å². The van der Waals surface area contributed by atoms with E-state index in [9.17, 15) is 0 Å². The van der Waals surface area contributed by atoms with Gasteiger partial charge >= 0.3 is 0 Å². The molecule has 0 aliphatic heterocycles. The van der Waals surface area contributed by atoms with E-state index in [0.717, 1.165) is 21.2 Å². The third-order valence-corrected chi connectivity index (χ3v) is 3.95. The van der Waals surface area contributed by atoms with Gasteiger partial charge in [0, 0.05) is 6.20 Å². The van der Waals surface area contributed by atoms with Crippen LogP contribution >= 0.6 is 15.9 Å². The molecule has 0 amide bonds. The van der Waals surface area contributed by atoms with Gasteiger partial charge in [0.15, 0.2) is 0 Å². The molecule has 2 nitrogen and oxygen atoms in total. The second-order valence-corrected chi connectivity index (χ2v) is 5.15. The van der Waals surface area contributed by atoms with Gasteiger partial charge in [-0.1, -0.05) is 30.3 Å². The number of fused-ring (bicyclic) bond motifs is 1. The molecule has 0 saturated heterocycles. The van der Waals surface area contributed by atoms with Gasteiger partial charge in [0.2, 0.25) is 5.88 Å². The van der Waals surface area contributed by atoms with Gasteiger partial charge in [0.1, 0.15) is 5.75 Å². The van der Waals surface area contributed by atoms with Crippen LogP contribution in [-0.4, -0.2) is 4.98 Å². The van der Waals surface area contributed by atoms with Crippen molar-refractivity contribution >= 4 is 26.7 Å². The van der Waals surface area contributed by atoms with Crippen LogP contribution in [0.25, 0.3) is 10.8 Å². The zero-order valence-corrected chi connectivity index (χ0v) is 12.0. The van der Waals surface area contributed by atoms with Gasteiger partial charge in [-0.05, 0) is 57.4 Å². The number of rotatable bonds is 2. The molecule has 0 aliphatic rings. The van der Waals surface area contributed by atoms with Crippen molar-refractivity contribution in [1.82, 2.24) is 4.98 Å². The van der Waals surface area contributed by atoms with Crippen molar-refractivity contribution in [3.05, 3.63) is 64.8 Å². The fourth-order valence-corrected chi connectivity index (χ4v) is 2.24. The minimum Gasteiger partial charge on any atom is -0.438 e. The van der Waals surface area contributed by atoms with Gasteiger partial charge in [-0.15, -0.1) is 0 Å². The first-order chi connectivity index (χ1) is 9.24. The van der Waals surface area contributed by atoms with Crippen molar-refractivity contribution in [2.45, 2.75) is 6.92 Å². The molecule has 0 atom stereocenters. The zero-order chi connectivity index (χ0) is 13.2. The van der Waals surface area contributed by atoms with Gasteiger partial charge in [0.05, 0.1) is 4.47 Å². The summed E-state index contributed by atoms with van der Waals surface area (Å²) in [6, 6.07) is 16.2. The van der Waals surface area contributed by atoms with E-state index in [2.05, 4.69) is 33.0 Å². The molecule has 0 spiro atoms. The zero-order valence-electron chi connectivity index (χ0n) is 10.4. The van der Waals surface area contributed by atoms with Crippen molar-refractivity contribution in [2.75, 3.05) is 0 Å². The predicted molar refractivity (Wildman–Crippen MR) is 80.7 cm³/mol. The lowest BCUT2D eigenvalue weighted by molar-refractivity contribution is 0.460. The molecule has 94 valence electrons. The maximum absolute atomic E-state index is 5.84. The highest BCUT2D eigenvalue weighted by atomic mass is 79.9. The SMILES string of the molecule is Cc1ccnc(Oc2ccc3ccccc3c2)c1Br. The van der Waals surface area contributed by atoms with Gasteiger partial charge < -0.3 is 4.74 Å². The van der Waals surface area contributed by atoms with E-state index in [0.29, 0.717) is 5.88 Å². The molecule has 19 heavy (non-hydrogen) atoms. The highest BCUT2D eigenvalue weighted by Gasteiger charge is 2.06. The molecule has 3 heteroatoms. The van der Waals surface area contributed by atoms with Crippen LogP contribution in [0, 0.1) is 6.92 Å². The predicted octanol–water partition coefficient (Wildman–Crippen LogP) is 5.10. The van der Waals surface area contributed by atoms with Crippen molar-refractivity contribution in [3.8, 4) is 11.6 Å². The topological polar surface area (TPSA) is 22.1 Å².